The van der Waals surface area contributed by atoms with Crippen LogP contribution in [0.1, 0.15) is 16.1 Å². The van der Waals surface area contributed by atoms with Gasteiger partial charge in [0.05, 0.1) is 31.3 Å². The van der Waals surface area contributed by atoms with E-state index >= 15 is 0 Å². The molecule has 10 heteroatoms. The molecule has 0 radical (unpaired) electrons. The first-order valence-corrected chi connectivity index (χ1v) is 12.2. The van der Waals surface area contributed by atoms with Crippen LogP contribution < -0.4 is 19.5 Å². The highest BCUT2D eigenvalue weighted by molar-refractivity contribution is 7.99. The fourth-order valence-corrected chi connectivity index (χ4v) is 5.00. The first-order valence-electron chi connectivity index (χ1n) is 10.1. The van der Waals surface area contributed by atoms with Gasteiger partial charge in [-0.05, 0) is 42.5 Å². The molecule has 1 unspecified atom stereocenters. The van der Waals surface area contributed by atoms with Crippen LogP contribution in [0.3, 0.4) is 0 Å². The van der Waals surface area contributed by atoms with Gasteiger partial charge in [0, 0.05) is 22.4 Å². The van der Waals surface area contributed by atoms with E-state index in [0.717, 1.165) is 5.69 Å². The molecule has 1 aliphatic rings. The number of carbonyl (C=O) groups excluding carboxylic acids is 2. The van der Waals surface area contributed by atoms with Crippen molar-refractivity contribution in [2.45, 2.75) is 12.6 Å². The summed E-state index contributed by atoms with van der Waals surface area (Å²) in [5.41, 5.74) is 3.64. The smallest absolute Gasteiger partial charge is 0.255 e. The molecule has 1 saturated heterocycles. The van der Waals surface area contributed by atoms with Crippen LogP contribution in [-0.2, 0) is 11.4 Å². The summed E-state index contributed by atoms with van der Waals surface area (Å²) in [6.45, 7) is 0.309. The molecule has 2 heterocycles. The van der Waals surface area contributed by atoms with Gasteiger partial charge in [-0.2, -0.15) is 0 Å². The number of methoxy groups -OCH3 is 2. The highest BCUT2D eigenvalue weighted by Gasteiger charge is 2.35. The molecule has 1 aromatic heterocycles. The van der Waals surface area contributed by atoms with Crippen molar-refractivity contribution in [1.29, 1.82) is 0 Å². The summed E-state index contributed by atoms with van der Waals surface area (Å²) in [5.74, 6) is 2.17. The topological polar surface area (TPSA) is 90.0 Å². The third-order valence-corrected chi connectivity index (χ3v) is 6.72. The number of benzene rings is 2. The zero-order valence-electron chi connectivity index (χ0n) is 18.1. The lowest BCUT2D eigenvalue weighted by Gasteiger charge is -2.23. The normalized spacial score (nSPS) is 15.2. The molecule has 3 aromatic rings. The molecule has 0 spiro atoms. The van der Waals surface area contributed by atoms with E-state index in [1.165, 1.54) is 18.4 Å². The van der Waals surface area contributed by atoms with Gasteiger partial charge >= 0.3 is 0 Å². The average molecular weight is 486 g/mol. The number of hydrogen-bond acceptors (Lipinski definition) is 8. The number of rotatable bonds is 8. The predicted octanol–water partition coefficient (Wildman–Crippen LogP) is 3.89. The molecule has 0 aliphatic carbocycles. The third-order valence-electron chi connectivity index (χ3n) is 5.07. The number of hydrogen-bond donors (Lipinski definition) is 1. The van der Waals surface area contributed by atoms with Gasteiger partial charge in [-0.25, -0.2) is 4.98 Å². The fraction of sp³-hybridized carbons (Fsp3) is 0.261. The highest BCUT2D eigenvalue weighted by Crippen LogP contribution is 2.31. The van der Waals surface area contributed by atoms with Crippen LogP contribution in [-0.4, -0.2) is 53.6 Å². The lowest BCUT2D eigenvalue weighted by atomic mass is 10.1. The molecule has 33 heavy (non-hydrogen) atoms. The van der Waals surface area contributed by atoms with Gasteiger partial charge in [0.25, 0.3) is 5.91 Å². The summed E-state index contributed by atoms with van der Waals surface area (Å²) in [7, 11) is 3.11. The minimum absolute atomic E-state index is 0.228. The maximum Gasteiger partial charge on any atom is 0.255 e. The summed E-state index contributed by atoms with van der Waals surface area (Å²) in [5, 5.41) is 4.79. The van der Waals surface area contributed by atoms with Crippen LogP contribution in [0.5, 0.6) is 17.2 Å². The predicted molar refractivity (Wildman–Crippen MR) is 128 cm³/mol. The van der Waals surface area contributed by atoms with Crippen molar-refractivity contribution in [2.24, 2.45) is 0 Å². The second kappa shape index (κ2) is 10.6. The quantitative estimate of drug-likeness (QED) is 0.518. The summed E-state index contributed by atoms with van der Waals surface area (Å²) in [6.07, 6.45) is 0. The van der Waals surface area contributed by atoms with E-state index in [4.69, 9.17) is 14.2 Å². The van der Waals surface area contributed by atoms with Crippen molar-refractivity contribution in [1.82, 2.24) is 9.88 Å². The second-order valence-corrected chi connectivity index (χ2v) is 8.86. The lowest BCUT2D eigenvalue weighted by Crippen LogP contribution is -2.44. The van der Waals surface area contributed by atoms with E-state index < -0.39 is 6.04 Å². The van der Waals surface area contributed by atoms with E-state index in [1.807, 2.05) is 5.38 Å². The average Bonchev–Trinajstić information content (AvgIpc) is 3.55. The summed E-state index contributed by atoms with van der Waals surface area (Å²) in [6, 6.07) is 11.5. The molecule has 2 amide bonds. The molecular formula is C23H23N3O5S2. The van der Waals surface area contributed by atoms with E-state index in [2.05, 4.69) is 10.3 Å². The molecule has 172 valence electrons. The molecule has 1 fully saturated rings. The number of thioether (sulfide) groups is 1. The van der Waals surface area contributed by atoms with Gasteiger partial charge < -0.3 is 24.4 Å². The van der Waals surface area contributed by atoms with Crippen LogP contribution in [0.25, 0.3) is 0 Å². The number of ether oxygens (including phenoxy) is 3. The van der Waals surface area contributed by atoms with Crippen molar-refractivity contribution < 1.29 is 23.8 Å². The van der Waals surface area contributed by atoms with Gasteiger partial charge in [-0.15, -0.1) is 23.1 Å². The number of carbonyl (C=O) groups is 2. The van der Waals surface area contributed by atoms with Crippen LogP contribution in [0.4, 0.5) is 5.69 Å². The summed E-state index contributed by atoms with van der Waals surface area (Å²) in [4.78, 5) is 31.9. The number of thiazole rings is 1. The molecule has 8 nitrogen and oxygen atoms in total. The largest absolute Gasteiger partial charge is 0.497 e. The van der Waals surface area contributed by atoms with Crippen molar-refractivity contribution in [3.63, 3.8) is 0 Å². The van der Waals surface area contributed by atoms with Crippen molar-refractivity contribution >= 4 is 40.6 Å². The Morgan fingerprint density at radius 3 is 2.64 bits per heavy atom. The second-order valence-electron chi connectivity index (χ2n) is 7.14. The van der Waals surface area contributed by atoms with Crippen LogP contribution in [0, 0.1) is 0 Å². The Bertz CT molecular complexity index is 1110. The maximum absolute atomic E-state index is 13.2. The van der Waals surface area contributed by atoms with Gasteiger partial charge in [0.15, 0.2) is 11.5 Å². The molecule has 0 saturated carbocycles. The van der Waals surface area contributed by atoms with Crippen LogP contribution >= 0.6 is 23.1 Å². The van der Waals surface area contributed by atoms with Gasteiger partial charge in [-0.1, -0.05) is 0 Å². The zero-order chi connectivity index (χ0) is 23.2. The molecule has 4 rings (SSSR count). The van der Waals surface area contributed by atoms with E-state index in [9.17, 15) is 9.59 Å². The van der Waals surface area contributed by atoms with E-state index in [0.29, 0.717) is 46.7 Å². The van der Waals surface area contributed by atoms with Crippen molar-refractivity contribution in [3.8, 4) is 17.2 Å². The summed E-state index contributed by atoms with van der Waals surface area (Å²) < 4.78 is 16.4. The zero-order valence-corrected chi connectivity index (χ0v) is 19.8. The first kappa shape index (κ1) is 22.9. The Balaban J connectivity index is 1.44. The Morgan fingerprint density at radius 2 is 1.94 bits per heavy atom. The van der Waals surface area contributed by atoms with Crippen molar-refractivity contribution in [2.75, 3.05) is 31.2 Å². The standard InChI is InChI=1S/C23H23N3O5S2/c1-29-18-6-4-16(5-7-18)25-22(27)19-12-33-14-26(19)23(28)15-3-8-20(21(9-15)30-2)31-10-17-11-32-13-24-17/h3-9,11,13,19H,10,12,14H2,1-2H3,(H,25,27). The number of nitrogens with zero attached hydrogens (tertiary/aromatic N) is 2. The van der Waals surface area contributed by atoms with E-state index in [1.54, 1.807) is 71.7 Å². The molecule has 0 bridgehead atoms. The number of anilines is 1. The number of amides is 2. The lowest BCUT2D eigenvalue weighted by molar-refractivity contribution is -0.119. The SMILES string of the molecule is COc1ccc(NC(=O)C2CSCN2C(=O)c2ccc(OCc3cscn3)c(OC)c2)cc1. The molecule has 1 N–H and O–H groups in total. The Hall–Kier alpha value is -3.24. The number of nitrogens with one attached hydrogen (secondary N) is 1. The first-order chi connectivity index (χ1) is 16.1. The van der Waals surface area contributed by atoms with Crippen LogP contribution in [0.2, 0.25) is 0 Å². The van der Waals surface area contributed by atoms with Crippen molar-refractivity contribution in [3.05, 3.63) is 64.6 Å². The Morgan fingerprint density at radius 1 is 1.12 bits per heavy atom. The number of aromatic nitrogens is 1. The monoisotopic (exact) mass is 485 g/mol. The molecular weight excluding hydrogens is 462 g/mol. The minimum Gasteiger partial charge on any atom is -0.497 e. The third kappa shape index (κ3) is 5.40. The molecule has 1 atom stereocenters. The van der Waals surface area contributed by atoms with Gasteiger partial charge in [0.2, 0.25) is 5.91 Å². The van der Waals surface area contributed by atoms with E-state index in [-0.39, 0.29) is 11.8 Å². The highest BCUT2D eigenvalue weighted by atomic mass is 32.2. The Labute approximate surface area is 199 Å². The van der Waals surface area contributed by atoms with Gasteiger partial charge in [0.1, 0.15) is 18.4 Å². The molecule has 2 aromatic carbocycles. The summed E-state index contributed by atoms with van der Waals surface area (Å²) >= 11 is 3.04. The fourth-order valence-electron chi connectivity index (χ4n) is 3.31. The van der Waals surface area contributed by atoms with Crippen LogP contribution in [0.15, 0.2) is 53.4 Å². The Kier molecular flexibility index (Phi) is 7.36. The minimum atomic E-state index is -0.573. The van der Waals surface area contributed by atoms with Gasteiger partial charge in [-0.3, -0.25) is 9.59 Å². The molecule has 1 aliphatic heterocycles. The maximum atomic E-state index is 13.2.